The zero-order valence-electron chi connectivity index (χ0n) is 13.1. The molecule has 0 radical (unpaired) electrons. The van der Waals surface area contributed by atoms with Crippen molar-refractivity contribution in [2.75, 3.05) is 14.1 Å². The van der Waals surface area contributed by atoms with E-state index in [-0.39, 0.29) is 5.59 Å². The van der Waals surface area contributed by atoms with E-state index < -0.39 is 28.5 Å². The Morgan fingerprint density at radius 3 is 2.29 bits per heavy atom. The van der Waals surface area contributed by atoms with Crippen molar-refractivity contribution >= 4 is 22.9 Å². The van der Waals surface area contributed by atoms with Crippen molar-refractivity contribution in [3.63, 3.8) is 0 Å². The van der Waals surface area contributed by atoms with Crippen LogP contribution in [0.5, 0.6) is 0 Å². The van der Waals surface area contributed by atoms with Gasteiger partial charge in [0, 0.05) is 20.3 Å². The predicted molar refractivity (Wildman–Crippen MR) is 79.3 cm³/mol. The summed E-state index contributed by atoms with van der Waals surface area (Å²) in [7, 11) is -2.37. The van der Waals surface area contributed by atoms with Crippen molar-refractivity contribution in [2.24, 2.45) is 0 Å². The third kappa shape index (κ3) is 3.83. The molecule has 0 atom stereocenters. The maximum absolute atomic E-state index is 11.9. The van der Waals surface area contributed by atoms with Gasteiger partial charge in [-0.3, -0.25) is 0 Å². The average Bonchev–Trinajstić information content (AvgIpc) is 2.76. The second kappa shape index (κ2) is 5.69. The van der Waals surface area contributed by atoms with E-state index in [1.165, 1.54) is 20.3 Å². The first-order valence-corrected chi connectivity index (χ1v) is 7.74. The number of aromatic nitrogens is 2. The van der Waals surface area contributed by atoms with Crippen LogP contribution in [0.3, 0.4) is 0 Å². The Hall–Kier alpha value is -0.935. The minimum Gasteiger partial charge on any atom is -0.422 e. The highest BCUT2D eigenvalue weighted by atomic mass is 32.2. The Morgan fingerprint density at radius 2 is 1.86 bits per heavy atom. The van der Waals surface area contributed by atoms with Gasteiger partial charge in [-0.1, -0.05) is 0 Å². The van der Waals surface area contributed by atoms with Gasteiger partial charge >= 0.3 is 17.3 Å². The smallest absolute Gasteiger partial charge is 0.422 e. The number of hydrogen-bond acceptors (Lipinski definition) is 6. The van der Waals surface area contributed by atoms with Crippen molar-refractivity contribution in [3.05, 3.63) is 12.5 Å². The van der Waals surface area contributed by atoms with Gasteiger partial charge in [0.2, 0.25) is 0 Å². The second-order valence-electron chi connectivity index (χ2n) is 5.96. The minimum atomic E-state index is -3.69. The second-order valence-corrected chi connectivity index (χ2v) is 8.01. The molecule has 0 unspecified atom stereocenters. The van der Waals surface area contributed by atoms with Crippen LogP contribution in [-0.2, 0) is 14.9 Å². The molecule has 0 spiro atoms. The number of aliphatic hydroxyl groups is 1. The molecule has 1 aromatic heterocycles. The summed E-state index contributed by atoms with van der Waals surface area (Å²) in [6.07, 6.45) is 2.24. The van der Waals surface area contributed by atoms with Gasteiger partial charge in [0.15, 0.2) is 0 Å². The fraction of sp³-hybridized carbons (Fsp3) is 0.727. The maximum Gasteiger partial charge on any atom is 0.512 e. The Morgan fingerprint density at radius 1 is 1.33 bits per heavy atom. The van der Waals surface area contributed by atoms with E-state index in [1.54, 1.807) is 27.7 Å². The van der Waals surface area contributed by atoms with Gasteiger partial charge in [0.05, 0.1) is 16.8 Å². The molecule has 1 heterocycles. The van der Waals surface area contributed by atoms with Crippen LogP contribution in [0.25, 0.3) is 0 Å². The summed E-state index contributed by atoms with van der Waals surface area (Å²) in [4.78, 5) is 3.83. The molecule has 1 rings (SSSR count). The van der Waals surface area contributed by atoms with Crippen LogP contribution in [0, 0.1) is 0 Å². The number of hydrogen-bond donors (Lipinski definition) is 2. The van der Waals surface area contributed by atoms with Gasteiger partial charge in [0.1, 0.15) is 6.33 Å². The fourth-order valence-electron chi connectivity index (χ4n) is 1.25. The largest absolute Gasteiger partial charge is 0.512 e. The first-order chi connectivity index (χ1) is 9.29. The third-order valence-corrected chi connectivity index (χ3v) is 5.10. The summed E-state index contributed by atoms with van der Waals surface area (Å²) < 4.78 is 31.1. The van der Waals surface area contributed by atoms with Crippen LogP contribution in [0.1, 0.15) is 27.7 Å². The lowest BCUT2D eigenvalue weighted by Crippen LogP contribution is -2.53. The molecule has 0 aromatic carbocycles. The molecule has 120 valence electrons. The fourth-order valence-corrected chi connectivity index (χ4v) is 2.03. The Labute approximate surface area is 125 Å². The highest BCUT2D eigenvalue weighted by Gasteiger charge is 2.40. The van der Waals surface area contributed by atoms with E-state index >= 15 is 0 Å². The van der Waals surface area contributed by atoms with Gasteiger partial charge in [-0.2, -0.15) is 12.7 Å². The molecule has 0 bridgehead atoms. The molecule has 0 saturated carbocycles. The first kappa shape index (κ1) is 18.1. The van der Waals surface area contributed by atoms with E-state index in [0.717, 1.165) is 14.6 Å². The molecule has 2 N–H and O–H groups in total. The van der Waals surface area contributed by atoms with Gasteiger partial charge in [0.25, 0.3) is 0 Å². The Bertz CT molecular complexity index is 591. The normalized spacial score (nSPS) is 13.8. The molecule has 0 aliphatic carbocycles. The highest BCUT2D eigenvalue weighted by molar-refractivity contribution is 7.87. The highest BCUT2D eigenvalue weighted by Crippen LogP contribution is 2.25. The zero-order valence-corrected chi connectivity index (χ0v) is 13.9. The van der Waals surface area contributed by atoms with Gasteiger partial charge in [-0.15, -0.1) is 0 Å². The zero-order chi connectivity index (χ0) is 16.6. The van der Waals surface area contributed by atoms with Gasteiger partial charge < -0.3 is 14.8 Å². The topological polar surface area (TPSA) is 105 Å². The summed E-state index contributed by atoms with van der Waals surface area (Å²) in [5.41, 5.74) is -2.22. The van der Waals surface area contributed by atoms with E-state index in [4.69, 9.17) is 4.65 Å². The molecule has 10 heteroatoms. The standard InChI is InChI=1S/C11H22BN3O5S/c1-10(2,16)11(3,4)20-12(17)9-7-15(8-13-9)21(18,19)14(5)6/h7-8,16-17H,1-6H3. The number of imidazole rings is 1. The SMILES string of the molecule is CN(C)S(=O)(=O)n1cnc(B(O)OC(C)(C)C(C)(C)O)c1. The number of nitrogens with zero attached hydrogens (tertiary/aromatic N) is 3. The van der Waals surface area contributed by atoms with Gasteiger partial charge in [-0.05, 0) is 27.7 Å². The lowest BCUT2D eigenvalue weighted by molar-refractivity contribution is -0.0983. The van der Waals surface area contributed by atoms with Gasteiger partial charge in [-0.25, -0.2) is 8.96 Å². The monoisotopic (exact) mass is 319 g/mol. The summed E-state index contributed by atoms with van der Waals surface area (Å²) in [5, 5.41) is 20.0. The molecule has 0 aliphatic rings. The van der Waals surface area contributed by atoms with Crippen molar-refractivity contribution in [1.82, 2.24) is 13.3 Å². The summed E-state index contributed by atoms with van der Waals surface area (Å²) >= 11 is 0. The van der Waals surface area contributed by atoms with E-state index in [1.807, 2.05) is 0 Å². The first-order valence-electron chi connectivity index (χ1n) is 6.34. The molecule has 1 aromatic rings. The van der Waals surface area contributed by atoms with Crippen LogP contribution in [0.2, 0.25) is 0 Å². The molecule has 0 aliphatic heterocycles. The van der Waals surface area contributed by atoms with Crippen LogP contribution < -0.4 is 5.59 Å². The molecule has 21 heavy (non-hydrogen) atoms. The molecular weight excluding hydrogens is 297 g/mol. The molecule has 8 nitrogen and oxygen atoms in total. The lowest BCUT2D eigenvalue weighted by atomic mass is 9.81. The van der Waals surface area contributed by atoms with E-state index in [9.17, 15) is 18.5 Å². The summed E-state index contributed by atoms with van der Waals surface area (Å²) in [6, 6.07) is 0. The maximum atomic E-state index is 11.9. The molecule has 0 fully saturated rings. The average molecular weight is 319 g/mol. The van der Waals surface area contributed by atoms with Crippen molar-refractivity contribution < 1.29 is 23.2 Å². The summed E-state index contributed by atoms with van der Waals surface area (Å²) in [5.74, 6) is 0. The van der Waals surface area contributed by atoms with Crippen molar-refractivity contribution in [2.45, 2.75) is 38.9 Å². The van der Waals surface area contributed by atoms with Crippen LogP contribution in [0.4, 0.5) is 0 Å². The van der Waals surface area contributed by atoms with Crippen LogP contribution in [-0.4, -0.2) is 64.2 Å². The van der Waals surface area contributed by atoms with Crippen LogP contribution >= 0.6 is 0 Å². The summed E-state index contributed by atoms with van der Waals surface area (Å²) in [6.45, 7) is 6.33. The molecule has 0 saturated heterocycles. The Kier molecular flexibility index (Phi) is 4.91. The predicted octanol–water partition coefficient (Wildman–Crippen LogP) is -1.21. The molecule has 0 amide bonds. The molecular formula is C11H22BN3O5S. The van der Waals surface area contributed by atoms with Crippen molar-refractivity contribution in [1.29, 1.82) is 0 Å². The number of rotatable bonds is 6. The van der Waals surface area contributed by atoms with E-state index in [0.29, 0.717) is 0 Å². The third-order valence-electron chi connectivity index (χ3n) is 3.44. The van der Waals surface area contributed by atoms with Crippen molar-refractivity contribution in [3.8, 4) is 0 Å². The minimum absolute atomic E-state index is 0.0396. The lowest BCUT2D eigenvalue weighted by Gasteiger charge is -2.38. The quantitative estimate of drug-likeness (QED) is 0.638. The van der Waals surface area contributed by atoms with E-state index in [2.05, 4.69) is 4.98 Å². The Balaban J connectivity index is 2.97. The van der Waals surface area contributed by atoms with Crippen LogP contribution in [0.15, 0.2) is 12.5 Å².